The maximum atomic E-state index is 14.3. The maximum Gasteiger partial charge on any atom is 0.326 e. The molecule has 3 N–H and O–H groups in total. The van der Waals surface area contributed by atoms with Crippen LogP contribution >= 0.6 is 0 Å². The van der Waals surface area contributed by atoms with Crippen LogP contribution in [0, 0.1) is 45.3 Å². The van der Waals surface area contributed by atoms with Crippen molar-refractivity contribution in [2.75, 3.05) is 6.54 Å². The van der Waals surface area contributed by atoms with E-state index in [4.69, 9.17) is 18.9 Å². The molecule has 0 radical (unpaired) electrons. The monoisotopic (exact) mass is 967 g/mol. The van der Waals surface area contributed by atoms with Gasteiger partial charge in [-0.1, -0.05) is 55.4 Å². The highest BCUT2D eigenvalue weighted by Gasteiger charge is 2.70. The molecule has 0 saturated heterocycles. The molecule has 4 saturated carbocycles. The SMILES string of the molecule is CC(=O)OC1CCC23Oc4c(c(O)cc5c4CN(CCCCC(C(=O)O)N4Cc6c(cc(O)c7c6OC68CCC(OC(C)=O)C(C)(C)C6CCC(C)C8(C)C7)C4=O)C5=O)CC2(C)C(C)CCC3C1(C)C. The second kappa shape index (κ2) is 16.3. The number of carbonyl (C=O) groups is 5. The normalized spacial score (nSPS) is 35.5. The fraction of sp³-hybridized carbons (Fsp3) is 0.696. The smallest absolute Gasteiger partial charge is 0.326 e. The molecule has 4 fully saturated rings. The van der Waals surface area contributed by atoms with E-state index >= 15 is 0 Å². The topological polar surface area (TPSA) is 189 Å². The molecule has 4 aliphatic heterocycles. The number of unbranched alkanes of at least 4 members (excludes halogenated alkanes) is 1. The van der Waals surface area contributed by atoms with Gasteiger partial charge in [0.15, 0.2) is 0 Å². The van der Waals surface area contributed by atoms with E-state index in [1.165, 1.54) is 24.8 Å². The number of esters is 2. The summed E-state index contributed by atoms with van der Waals surface area (Å²) in [4.78, 5) is 69.1. The molecule has 2 aromatic carbocycles. The molecule has 11 unspecified atom stereocenters. The number of phenols is 2. The van der Waals surface area contributed by atoms with Gasteiger partial charge in [0, 0.05) is 76.1 Å². The van der Waals surface area contributed by atoms with Gasteiger partial charge in [0.2, 0.25) is 0 Å². The van der Waals surface area contributed by atoms with Crippen LogP contribution < -0.4 is 9.47 Å². The first-order valence-electron chi connectivity index (χ1n) is 26.1. The Balaban J connectivity index is 0.856. The Morgan fingerprint density at radius 3 is 1.59 bits per heavy atom. The lowest BCUT2D eigenvalue weighted by atomic mass is 9.43. The Labute approximate surface area is 412 Å². The molecule has 11 atom stereocenters. The molecule has 2 amide bonds. The summed E-state index contributed by atoms with van der Waals surface area (Å²) in [6.07, 6.45) is 7.95. The minimum Gasteiger partial charge on any atom is -0.508 e. The van der Waals surface area contributed by atoms with E-state index in [1.54, 1.807) is 11.0 Å². The molecule has 8 aliphatic rings. The summed E-state index contributed by atoms with van der Waals surface area (Å²) < 4.78 is 26.6. The molecule has 4 heterocycles. The van der Waals surface area contributed by atoms with Gasteiger partial charge in [0.1, 0.15) is 52.4 Å². The first kappa shape index (κ1) is 48.6. The number of nitrogens with zero attached hydrogens (tertiary/aromatic N) is 2. The van der Waals surface area contributed by atoms with Crippen molar-refractivity contribution in [1.29, 1.82) is 0 Å². The average Bonchev–Trinajstić information content (AvgIpc) is 3.77. The quantitative estimate of drug-likeness (QED) is 0.160. The van der Waals surface area contributed by atoms with Crippen LogP contribution in [0.2, 0.25) is 0 Å². The number of amides is 2. The van der Waals surface area contributed by atoms with Crippen LogP contribution in [0.1, 0.15) is 183 Å². The molecular weight excluding hydrogens is 893 g/mol. The summed E-state index contributed by atoms with van der Waals surface area (Å²) in [5, 5.41) is 33.9. The van der Waals surface area contributed by atoms with Crippen molar-refractivity contribution in [2.24, 2.45) is 45.3 Å². The number of carbonyl (C=O) groups excluding carboxylic acids is 4. The van der Waals surface area contributed by atoms with Crippen LogP contribution in [0.4, 0.5) is 0 Å². The van der Waals surface area contributed by atoms with Crippen LogP contribution in [0.15, 0.2) is 12.1 Å². The van der Waals surface area contributed by atoms with E-state index in [0.717, 1.165) is 36.8 Å². The Kier molecular flexibility index (Phi) is 11.3. The molecule has 4 aliphatic carbocycles. The van der Waals surface area contributed by atoms with Crippen molar-refractivity contribution in [1.82, 2.24) is 9.80 Å². The summed E-state index contributed by atoms with van der Waals surface area (Å²) in [7, 11) is 0. The summed E-state index contributed by atoms with van der Waals surface area (Å²) in [5.74, 6) is -0.671. The Morgan fingerprint density at radius 1 is 0.671 bits per heavy atom. The molecule has 380 valence electrons. The van der Waals surface area contributed by atoms with Gasteiger partial charge in [0.25, 0.3) is 11.8 Å². The van der Waals surface area contributed by atoms with Gasteiger partial charge < -0.3 is 44.1 Å². The third kappa shape index (κ3) is 6.71. The second-order valence-electron chi connectivity index (χ2n) is 24.6. The molecule has 10 rings (SSSR count). The molecule has 0 aromatic heterocycles. The number of carboxylic acids is 1. The largest absolute Gasteiger partial charge is 0.508 e. The molecular formula is C56H74N2O12. The number of rotatable bonds is 9. The molecule has 2 spiro atoms. The summed E-state index contributed by atoms with van der Waals surface area (Å²) >= 11 is 0. The minimum atomic E-state index is -1.16. The van der Waals surface area contributed by atoms with Crippen molar-refractivity contribution in [2.45, 2.75) is 195 Å². The lowest BCUT2D eigenvalue weighted by Crippen LogP contribution is -2.70. The number of aliphatic carboxylic acids is 1. The molecule has 14 heteroatoms. The number of benzene rings is 2. The van der Waals surface area contributed by atoms with Gasteiger partial charge >= 0.3 is 17.9 Å². The Hall–Kier alpha value is -5.01. The van der Waals surface area contributed by atoms with Crippen molar-refractivity contribution in [3.8, 4) is 23.0 Å². The predicted octanol–water partition coefficient (Wildman–Crippen LogP) is 9.29. The van der Waals surface area contributed by atoms with Crippen LogP contribution in [-0.2, 0) is 49.8 Å². The second-order valence-corrected chi connectivity index (χ2v) is 24.6. The highest BCUT2D eigenvalue weighted by Crippen LogP contribution is 2.69. The van der Waals surface area contributed by atoms with Gasteiger partial charge in [-0.3, -0.25) is 19.2 Å². The number of hydrogen-bond acceptors (Lipinski definition) is 11. The van der Waals surface area contributed by atoms with E-state index in [9.17, 15) is 39.3 Å². The number of aromatic hydroxyl groups is 2. The highest BCUT2D eigenvalue weighted by molar-refractivity contribution is 6.02. The van der Waals surface area contributed by atoms with Crippen molar-refractivity contribution in [3.63, 3.8) is 0 Å². The fourth-order valence-electron chi connectivity index (χ4n) is 16.4. The first-order valence-corrected chi connectivity index (χ1v) is 26.1. The maximum absolute atomic E-state index is 14.3. The van der Waals surface area contributed by atoms with E-state index in [0.29, 0.717) is 98.6 Å². The number of carboxylic acid groups (broad SMARTS) is 1. The number of phenolic OH excluding ortho intramolecular Hbond substituents is 2. The van der Waals surface area contributed by atoms with Crippen LogP contribution in [-0.4, -0.2) is 90.8 Å². The zero-order chi connectivity index (χ0) is 50.4. The number of fused-ring (bicyclic) bond motifs is 6. The zero-order valence-corrected chi connectivity index (χ0v) is 42.9. The molecule has 14 nitrogen and oxygen atoms in total. The molecule has 70 heavy (non-hydrogen) atoms. The van der Waals surface area contributed by atoms with E-state index in [-0.39, 0.29) is 94.1 Å². The fourth-order valence-corrected chi connectivity index (χ4v) is 16.4. The first-order chi connectivity index (χ1) is 32.8. The predicted molar refractivity (Wildman–Crippen MR) is 257 cm³/mol. The van der Waals surface area contributed by atoms with E-state index < -0.39 is 34.5 Å². The minimum absolute atomic E-state index is 0.0141. The van der Waals surface area contributed by atoms with Gasteiger partial charge in [-0.15, -0.1) is 0 Å². The average molecular weight is 967 g/mol. The number of hydrogen-bond donors (Lipinski definition) is 3. The van der Waals surface area contributed by atoms with E-state index in [2.05, 4.69) is 55.4 Å². The Bertz CT molecular complexity index is 2590. The van der Waals surface area contributed by atoms with Crippen LogP contribution in [0.3, 0.4) is 0 Å². The standard InChI is InChI=1S/C56H74N2O12/c1-29-14-16-42-51(5,6)44(67-31(3)59)18-20-55(42)53(29,9)25-35-40(61)23-33-37(46(35)69-55)27-57(48(33)63)22-12-11-13-39(50(65)66)58-28-38-34(49(58)64)24-41(62)36-26-54(10)30(2)15-17-43-52(7,8)45(68-32(4)60)19-21-56(43,54)70-47(36)38/h23-24,29-30,39,42-45,61-62H,11-22,25-28H2,1-10H3,(H,65,66). The molecule has 2 aromatic rings. The molecule has 0 bridgehead atoms. The van der Waals surface area contributed by atoms with Gasteiger partial charge in [-0.25, -0.2) is 4.79 Å². The van der Waals surface area contributed by atoms with Crippen molar-refractivity contribution in [3.05, 3.63) is 45.5 Å². The third-order valence-electron chi connectivity index (χ3n) is 20.7. The lowest BCUT2D eigenvalue weighted by molar-refractivity contribution is -0.238. The zero-order valence-electron chi connectivity index (χ0n) is 42.9. The Morgan fingerprint density at radius 2 is 1.13 bits per heavy atom. The van der Waals surface area contributed by atoms with Gasteiger partial charge in [-0.2, -0.15) is 0 Å². The highest BCUT2D eigenvalue weighted by atomic mass is 16.6. The number of ether oxygens (including phenoxy) is 4. The lowest BCUT2D eigenvalue weighted by Gasteiger charge is -2.67. The van der Waals surface area contributed by atoms with Crippen molar-refractivity contribution < 1.29 is 58.2 Å². The van der Waals surface area contributed by atoms with Gasteiger partial charge in [-0.05, 0) is 107 Å². The third-order valence-corrected chi connectivity index (χ3v) is 20.7. The summed E-state index contributed by atoms with van der Waals surface area (Å²) in [5.41, 5.74) is 0.659. The van der Waals surface area contributed by atoms with E-state index in [1.807, 2.05) is 0 Å². The van der Waals surface area contributed by atoms with Gasteiger partial charge in [0.05, 0.1) is 24.2 Å². The van der Waals surface area contributed by atoms with Crippen molar-refractivity contribution >= 4 is 29.7 Å². The summed E-state index contributed by atoms with van der Waals surface area (Å²) in [6, 6.07) is 1.93. The summed E-state index contributed by atoms with van der Waals surface area (Å²) in [6.45, 7) is 21.3. The van der Waals surface area contributed by atoms with Crippen LogP contribution in [0.5, 0.6) is 23.0 Å². The van der Waals surface area contributed by atoms with Crippen LogP contribution in [0.25, 0.3) is 0 Å².